The molecule has 2 aromatic rings. The van der Waals surface area contributed by atoms with Gasteiger partial charge in [0, 0.05) is 10.2 Å². The standard InChI is InChI=1S/C16H9BrCl2N2O/c17-12-2-1-3-13(8-12)21-16(22)11(9-20)6-10-4-5-14(18)15(19)7-10/h1-8H,(H,21,22)/b11-6-. The second kappa shape index (κ2) is 7.46. The molecule has 2 rings (SSSR count). The summed E-state index contributed by atoms with van der Waals surface area (Å²) < 4.78 is 0.831. The molecule has 0 spiro atoms. The predicted molar refractivity (Wildman–Crippen MR) is 92.8 cm³/mol. The molecule has 6 heteroatoms. The molecule has 0 aliphatic heterocycles. The number of nitriles is 1. The van der Waals surface area contributed by atoms with Gasteiger partial charge >= 0.3 is 0 Å². The molecule has 0 unspecified atom stereocenters. The van der Waals surface area contributed by atoms with E-state index in [9.17, 15) is 4.79 Å². The number of nitrogens with one attached hydrogen (secondary N) is 1. The maximum absolute atomic E-state index is 12.1. The van der Waals surface area contributed by atoms with E-state index in [0.29, 0.717) is 21.3 Å². The number of hydrogen-bond acceptors (Lipinski definition) is 2. The Balaban J connectivity index is 2.23. The van der Waals surface area contributed by atoms with Crippen LogP contribution in [-0.4, -0.2) is 5.91 Å². The van der Waals surface area contributed by atoms with Crippen molar-refractivity contribution in [1.29, 1.82) is 5.26 Å². The number of anilines is 1. The quantitative estimate of drug-likeness (QED) is 0.566. The molecule has 0 radical (unpaired) electrons. The SMILES string of the molecule is N#C/C(=C/c1ccc(Cl)c(Cl)c1)C(=O)Nc1cccc(Br)c1. The van der Waals surface area contributed by atoms with Gasteiger partial charge in [0.05, 0.1) is 10.0 Å². The predicted octanol–water partition coefficient (Wildman–Crippen LogP) is 5.30. The molecule has 1 N–H and O–H groups in total. The minimum Gasteiger partial charge on any atom is -0.321 e. The van der Waals surface area contributed by atoms with Gasteiger partial charge in [-0.05, 0) is 42.0 Å². The first-order valence-corrected chi connectivity index (χ1v) is 7.68. The Morgan fingerprint density at radius 1 is 1.18 bits per heavy atom. The van der Waals surface area contributed by atoms with Crippen LogP contribution < -0.4 is 5.32 Å². The summed E-state index contributed by atoms with van der Waals surface area (Å²) in [7, 11) is 0. The zero-order valence-electron chi connectivity index (χ0n) is 11.1. The highest BCUT2D eigenvalue weighted by Crippen LogP contribution is 2.24. The number of hydrogen-bond donors (Lipinski definition) is 1. The van der Waals surface area contributed by atoms with E-state index >= 15 is 0 Å². The molecule has 3 nitrogen and oxygen atoms in total. The first-order chi connectivity index (χ1) is 10.5. The minimum atomic E-state index is -0.494. The van der Waals surface area contributed by atoms with Gasteiger partial charge in [0.15, 0.2) is 0 Å². The van der Waals surface area contributed by atoms with E-state index in [2.05, 4.69) is 21.2 Å². The Bertz CT molecular complexity index is 797. The lowest BCUT2D eigenvalue weighted by Crippen LogP contribution is -2.13. The van der Waals surface area contributed by atoms with Gasteiger partial charge in [0.25, 0.3) is 5.91 Å². The van der Waals surface area contributed by atoms with Crippen LogP contribution in [0.15, 0.2) is 52.5 Å². The largest absolute Gasteiger partial charge is 0.321 e. The van der Waals surface area contributed by atoms with E-state index in [4.69, 9.17) is 28.5 Å². The van der Waals surface area contributed by atoms with Gasteiger partial charge in [0.1, 0.15) is 11.6 Å². The molecule has 0 fully saturated rings. The number of nitrogens with zero attached hydrogens (tertiary/aromatic N) is 1. The lowest BCUT2D eigenvalue weighted by molar-refractivity contribution is -0.112. The third-order valence-corrected chi connectivity index (χ3v) is 3.93. The van der Waals surface area contributed by atoms with Gasteiger partial charge < -0.3 is 5.32 Å². The normalized spacial score (nSPS) is 10.9. The zero-order chi connectivity index (χ0) is 16.1. The molecule has 0 bridgehead atoms. The summed E-state index contributed by atoms with van der Waals surface area (Å²) in [5.41, 5.74) is 1.18. The fourth-order valence-electron chi connectivity index (χ4n) is 1.68. The number of amides is 1. The highest BCUT2D eigenvalue weighted by Gasteiger charge is 2.10. The Labute approximate surface area is 146 Å². The molecule has 0 saturated heterocycles. The lowest BCUT2D eigenvalue weighted by atomic mass is 10.1. The molecule has 0 aliphatic rings. The van der Waals surface area contributed by atoms with Crippen LogP contribution in [0, 0.1) is 11.3 Å². The van der Waals surface area contributed by atoms with Crippen LogP contribution in [0.1, 0.15) is 5.56 Å². The van der Waals surface area contributed by atoms with E-state index in [0.717, 1.165) is 4.47 Å². The van der Waals surface area contributed by atoms with Gasteiger partial charge in [-0.15, -0.1) is 0 Å². The number of benzene rings is 2. The molecule has 0 saturated carbocycles. The molecule has 1 amide bonds. The average molecular weight is 396 g/mol. The summed E-state index contributed by atoms with van der Waals surface area (Å²) in [6.07, 6.45) is 1.45. The smallest absolute Gasteiger partial charge is 0.266 e. The minimum absolute atomic E-state index is 0.0293. The van der Waals surface area contributed by atoms with Crippen LogP contribution in [0.25, 0.3) is 6.08 Å². The number of rotatable bonds is 3. The van der Waals surface area contributed by atoms with E-state index in [-0.39, 0.29) is 5.57 Å². The Morgan fingerprint density at radius 3 is 2.59 bits per heavy atom. The first-order valence-electron chi connectivity index (χ1n) is 6.13. The maximum atomic E-state index is 12.1. The van der Waals surface area contributed by atoms with Crippen molar-refractivity contribution in [1.82, 2.24) is 0 Å². The zero-order valence-corrected chi connectivity index (χ0v) is 14.2. The van der Waals surface area contributed by atoms with Gasteiger partial charge in [-0.1, -0.05) is 51.3 Å². The van der Waals surface area contributed by atoms with Crippen LogP contribution >= 0.6 is 39.1 Å². The number of carbonyl (C=O) groups excluding carboxylic acids is 1. The van der Waals surface area contributed by atoms with Crippen LogP contribution in [-0.2, 0) is 4.79 Å². The highest BCUT2D eigenvalue weighted by atomic mass is 79.9. The van der Waals surface area contributed by atoms with Crippen molar-refractivity contribution >= 4 is 56.8 Å². The average Bonchev–Trinajstić information content (AvgIpc) is 2.48. The van der Waals surface area contributed by atoms with E-state index in [1.165, 1.54) is 6.08 Å². The third-order valence-electron chi connectivity index (χ3n) is 2.70. The summed E-state index contributed by atoms with van der Waals surface area (Å²) in [5, 5.41) is 12.6. The van der Waals surface area contributed by atoms with Crippen molar-refractivity contribution in [3.8, 4) is 6.07 Å². The molecule has 0 atom stereocenters. The van der Waals surface area contributed by atoms with Crippen molar-refractivity contribution in [3.63, 3.8) is 0 Å². The fraction of sp³-hybridized carbons (Fsp3) is 0. The van der Waals surface area contributed by atoms with Crippen LogP contribution in [0.2, 0.25) is 10.0 Å². The van der Waals surface area contributed by atoms with Gasteiger partial charge in [-0.25, -0.2) is 0 Å². The second-order valence-corrected chi connectivity index (χ2v) is 6.04. The second-order valence-electron chi connectivity index (χ2n) is 4.31. The molecule has 22 heavy (non-hydrogen) atoms. The molecule has 0 heterocycles. The van der Waals surface area contributed by atoms with Gasteiger partial charge in [0.2, 0.25) is 0 Å². The summed E-state index contributed by atoms with van der Waals surface area (Å²) in [4.78, 5) is 12.1. The maximum Gasteiger partial charge on any atom is 0.266 e. The van der Waals surface area contributed by atoms with Crippen molar-refractivity contribution in [2.45, 2.75) is 0 Å². The van der Waals surface area contributed by atoms with E-state index in [1.807, 2.05) is 12.1 Å². The van der Waals surface area contributed by atoms with Crippen LogP contribution in [0.3, 0.4) is 0 Å². The molecular weight excluding hydrogens is 387 g/mol. The molecule has 0 aromatic heterocycles. The first kappa shape index (κ1) is 16.6. The Kier molecular flexibility index (Phi) is 5.62. The van der Waals surface area contributed by atoms with Crippen molar-refractivity contribution in [3.05, 3.63) is 68.1 Å². The fourth-order valence-corrected chi connectivity index (χ4v) is 2.39. The van der Waals surface area contributed by atoms with Gasteiger partial charge in [-0.2, -0.15) is 5.26 Å². The van der Waals surface area contributed by atoms with E-state index < -0.39 is 5.91 Å². The summed E-state index contributed by atoms with van der Waals surface area (Å²) in [5.74, 6) is -0.494. The summed E-state index contributed by atoms with van der Waals surface area (Å²) >= 11 is 15.1. The van der Waals surface area contributed by atoms with E-state index in [1.54, 1.807) is 36.4 Å². The molecular formula is C16H9BrCl2N2O. The molecule has 110 valence electrons. The number of carbonyl (C=O) groups is 1. The Morgan fingerprint density at radius 2 is 1.95 bits per heavy atom. The van der Waals surface area contributed by atoms with Crippen molar-refractivity contribution < 1.29 is 4.79 Å². The summed E-state index contributed by atoms with van der Waals surface area (Å²) in [6, 6.07) is 13.9. The topological polar surface area (TPSA) is 52.9 Å². The highest BCUT2D eigenvalue weighted by molar-refractivity contribution is 9.10. The number of halogens is 3. The summed E-state index contributed by atoms with van der Waals surface area (Å²) in [6.45, 7) is 0. The molecule has 0 aliphatic carbocycles. The van der Waals surface area contributed by atoms with Gasteiger partial charge in [-0.3, -0.25) is 4.79 Å². The van der Waals surface area contributed by atoms with Crippen molar-refractivity contribution in [2.75, 3.05) is 5.32 Å². The van der Waals surface area contributed by atoms with Crippen LogP contribution in [0.5, 0.6) is 0 Å². The molecule has 2 aromatic carbocycles. The van der Waals surface area contributed by atoms with Crippen molar-refractivity contribution in [2.24, 2.45) is 0 Å². The monoisotopic (exact) mass is 394 g/mol. The Hall–Kier alpha value is -1.80. The lowest BCUT2D eigenvalue weighted by Gasteiger charge is -2.05. The van der Waals surface area contributed by atoms with Crippen LogP contribution in [0.4, 0.5) is 5.69 Å². The third kappa shape index (κ3) is 4.35.